The molecular formula is C6H11NOS. The van der Waals surface area contributed by atoms with Gasteiger partial charge in [-0.1, -0.05) is 0 Å². The predicted molar refractivity (Wildman–Crippen MR) is 38.3 cm³/mol. The molecule has 1 N–H and O–H groups in total. The van der Waals surface area contributed by atoms with Crippen LogP contribution in [0, 0.1) is 0 Å². The quantitative estimate of drug-likeness (QED) is 0.544. The van der Waals surface area contributed by atoms with Crippen LogP contribution in [0.2, 0.25) is 0 Å². The molecule has 2 nitrogen and oxygen atoms in total. The first-order valence-electron chi connectivity index (χ1n) is 3.39. The van der Waals surface area contributed by atoms with Gasteiger partial charge < -0.3 is 4.74 Å². The molecule has 3 atom stereocenters. The molecule has 2 aliphatic heterocycles. The van der Waals surface area contributed by atoms with Gasteiger partial charge in [0.1, 0.15) is 6.23 Å². The molecule has 0 aromatic carbocycles. The molecule has 0 aliphatic carbocycles. The molecular weight excluding hydrogens is 134 g/mol. The standard InChI is InChI=1S/C6H11NOS/c1-4-7-6-5(9-4)2-3-8-6/h4-7H,2-3H2,1H3. The van der Waals surface area contributed by atoms with Gasteiger partial charge in [0.05, 0.1) is 5.37 Å². The average Bonchev–Trinajstić information content (AvgIpc) is 2.22. The fourth-order valence-electron chi connectivity index (χ4n) is 1.40. The number of ether oxygens (including phenoxy) is 1. The molecule has 2 fully saturated rings. The average molecular weight is 145 g/mol. The summed E-state index contributed by atoms with van der Waals surface area (Å²) in [5.41, 5.74) is 0. The Morgan fingerprint density at radius 3 is 3.33 bits per heavy atom. The molecule has 0 amide bonds. The van der Waals surface area contributed by atoms with Crippen LogP contribution >= 0.6 is 11.8 Å². The molecule has 2 rings (SSSR count). The Kier molecular flexibility index (Phi) is 1.43. The van der Waals surface area contributed by atoms with Gasteiger partial charge in [-0.2, -0.15) is 0 Å². The fraction of sp³-hybridized carbons (Fsp3) is 1.00. The Balaban J connectivity index is 2.02. The van der Waals surface area contributed by atoms with E-state index < -0.39 is 0 Å². The summed E-state index contributed by atoms with van der Waals surface area (Å²) in [6.45, 7) is 3.13. The van der Waals surface area contributed by atoms with Gasteiger partial charge in [-0.3, -0.25) is 5.32 Å². The minimum Gasteiger partial charge on any atom is -0.362 e. The van der Waals surface area contributed by atoms with E-state index in [4.69, 9.17) is 4.74 Å². The second-order valence-corrected chi connectivity index (χ2v) is 4.15. The summed E-state index contributed by atoms with van der Waals surface area (Å²) >= 11 is 2.00. The van der Waals surface area contributed by atoms with Crippen molar-refractivity contribution in [2.75, 3.05) is 6.61 Å². The van der Waals surface area contributed by atoms with Gasteiger partial charge in [0.2, 0.25) is 0 Å². The van der Waals surface area contributed by atoms with Crippen LogP contribution < -0.4 is 5.32 Å². The molecule has 0 radical (unpaired) electrons. The SMILES string of the molecule is CC1NC2OCCC2S1. The lowest BCUT2D eigenvalue weighted by Gasteiger charge is -2.05. The highest BCUT2D eigenvalue weighted by atomic mass is 32.2. The molecule has 0 aromatic rings. The lowest BCUT2D eigenvalue weighted by atomic mass is 10.3. The van der Waals surface area contributed by atoms with Crippen LogP contribution in [-0.2, 0) is 4.74 Å². The third-order valence-corrected chi connectivity index (χ3v) is 3.19. The topological polar surface area (TPSA) is 21.3 Å². The molecule has 3 unspecified atom stereocenters. The Hall–Kier alpha value is 0.270. The van der Waals surface area contributed by atoms with Crippen molar-refractivity contribution in [2.45, 2.75) is 30.2 Å². The summed E-state index contributed by atoms with van der Waals surface area (Å²) in [4.78, 5) is 0. The largest absolute Gasteiger partial charge is 0.362 e. The van der Waals surface area contributed by atoms with Crippen molar-refractivity contribution >= 4 is 11.8 Å². The van der Waals surface area contributed by atoms with E-state index in [1.807, 2.05) is 11.8 Å². The maximum Gasteiger partial charge on any atom is 0.121 e. The Labute approximate surface area is 59.3 Å². The van der Waals surface area contributed by atoms with E-state index in [9.17, 15) is 0 Å². The first kappa shape index (κ1) is 6.01. The highest BCUT2D eigenvalue weighted by Gasteiger charge is 2.36. The van der Waals surface area contributed by atoms with Crippen molar-refractivity contribution in [3.63, 3.8) is 0 Å². The van der Waals surface area contributed by atoms with Crippen LogP contribution in [0.3, 0.4) is 0 Å². The van der Waals surface area contributed by atoms with Gasteiger partial charge in [0, 0.05) is 11.9 Å². The van der Waals surface area contributed by atoms with E-state index in [1.54, 1.807) is 0 Å². The molecule has 0 bridgehead atoms. The van der Waals surface area contributed by atoms with Gasteiger partial charge in [0.25, 0.3) is 0 Å². The molecule has 3 heteroatoms. The van der Waals surface area contributed by atoms with Crippen molar-refractivity contribution in [1.82, 2.24) is 5.32 Å². The molecule has 2 saturated heterocycles. The molecule has 0 aromatic heterocycles. The summed E-state index contributed by atoms with van der Waals surface area (Å²) < 4.78 is 5.42. The lowest BCUT2D eigenvalue weighted by molar-refractivity contribution is 0.0907. The van der Waals surface area contributed by atoms with E-state index >= 15 is 0 Å². The Morgan fingerprint density at radius 1 is 1.67 bits per heavy atom. The van der Waals surface area contributed by atoms with Crippen LogP contribution in [0.25, 0.3) is 0 Å². The van der Waals surface area contributed by atoms with Gasteiger partial charge in [0.15, 0.2) is 0 Å². The number of fused-ring (bicyclic) bond motifs is 1. The second kappa shape index (κ2) is 2.15. The van der Waals surface area contributed by atoms with Crippen molar-refractivity contribution < 1.29 is 4.74 Å². The molecule has 0 saturated carbocycles. The van der Waals surface area contributed by atoms with E-state index in [0.29, 0.717) is 11.6 Å². The summed E-state index contributed by atoms with van der Waals surface area (Å²) in [6, 6.07) is 0. The third kappa shape index (κ3) is 0.974. The van der Waals surface area contributed by atoms with E-state index in [0.717, 1.165) is 11.9 Å². The smallest absolute Gasteiger partial charge is 0.121 e. The zero-order chi connectivity index (χ0) is 6.27. The van der Waals surface area contributed by atoms with E-state index in [2.05, 4.69) is 12.2 Å². The van der Waals surface area contributed by atoms with Crippen molar-refractivity contribution in [1.29, 1.82) is 0 Å². The minimum absolute atomic E-state index is 0.366. The Bertz CT molecular complexity index is 108. The monoisotopic (exact) mass is 145 g/mol. The maximum atomic E-state index is 5.42. The lowest BCUT2D eigenvalue weighted by Crippen LogP contribution is -2.30. The zero-order valence-electron chi connectivity index (χ0n) is 5.46. The number of thioether (sulfide) groups is 1. The predicted octanol–water partition coefficient (Wildman–Crippen LogP) is 0.784. The fourth-order valence-corrected chi connectivity index (χ4v) is 2.67. The van der Waals surface area contributed by atoms with Gasteiger partial charge >= 0.3 is 0 Å². The molecule has 2 aliphatic rings. The van der Waals surface area contributed by atoms with Crippen molar-refractivity contribution in [3.8, 4) is 0 Å². The van der Waals surface area contributed by atoms with Crippen LogP contribution in [0.1, 0.15) is 13.3 Å². The zero-order valence-corrected chi connectivity index (χ0v) is 6.28. The molecule has 2 heterocycles. The van der Waals surface area contributed by atoms with Crippen LogP contribution in [0.5, 0.6) is 0 Å². The molecule has 9 heavy (non-hydrogen) atoms. The minimum atomic E-state index is 0.366. The summed E-state index contributed by atoms with van der Waals surface area (Å²) in [5.74, 6) is 0. The van der Waals surface area contributed by atoms with Crippen LogP contribution in [0.4, 0.5) is 0 Å². The van der Waals surface area contributed by atoms with Gasteiger partial charge in [-0.25, -0.2) is 0 Å². The first-order chi connectivity index (χ1) is 4.36. The number of hydrogen-bond acceptors (Lipinski definition) is 3. The summed E-state index contributed by atoms with van der Waals surface area (Å²) in [5, 5.41) is 4.69. The van der Waals surface area contributed by atoms with Crippen molar-refractivity contribution in [2.24, 2.45) is 0 Å². The van der Waals surface area contributed by atoms with Crippen molar-refractivity contribution in [3.05, 3.63) is 0 Å². The van der Waals surface area contributed by atoms with Gasteiger partial charge in [-0.15, -0.1) is 11.8 Å². The van der Waals surface area contributed by atoms with Crippen LogP contribution in [-0.4, -0.2) is 23.5 Å². The molecule has 52 valence electrons. The highest BCUT2D eigenvalue weighted by Crippen LogP contribution is 2.33. The number of hydrogen-bond donors (Lipinski definition) is 1. The van der Waals surface area contributed by atoms with E-state index in [-0.39, 0.29) is 0 Å². The first-order valence-corrected chi connectivity index (χ1v) is 4.33. The van der Waals surface area contributed by atoms with Crippen LogP contribution in [0.15, 0.2) is 0 Å². The van der Waals surface area contributed by atoms with E-state index in [1.165, 1.54) is 6.42 Å². The molecule has 0 spiro atoms. The Morgan fingerprint density at radius 2 is 2.56 bits per heavy atom. The van der Waals surface area contributed by atoms with Gasteiger partial charge in [-0.05, 0) is 13.3 Å². The normalized spacial score (nSPS) is 49.7. The third-order valence-electron chi connectivity index (χ3n) is 1.82. The summed E-state index contributed by atoms with van der Waals surface area (Å²) in [7, 11) is 0. The maximum absolute atomic E-state index is 5.42. The number of rotatable bonds is 0. The number of nitrogens with one attached hydrogen (secondary N) is 1. The highest BCUT2D eigenvalue weighted by molar-refractivity contribution is 8.00. The second-order valence-electron chi connectivity index (χ2n) is 2.56. The summed E-state index contributed by atoms with van der Waals surface area (Å²) in [6.07, 6.45) is 1.59.